The van der Waals surface area contributed by atoms with Crippen molar-refractivity contribution in [3.8, 4) is 0 Å². The molecule has 0 atom stereocenters. The summed E-state index contributed by atoms with van der Waals surface area (Å²) in [4.78, 5) is 12.2. The summed E-state index contributed by atoms with van der Waals surface area (Å²) in [6, 6.07) is 3.14. The molecule has 0 spiro atoms. The van der Waals surface area contributed by atoms with Gasteiger partial charge in [-0.25, -0.2) is 13.6 Å². The van der Waals surface area contributed by atoms with E-state index >= 15 is 0 Å². The van der Waals surface area contributed by atoms with Gasteiger partial charge in [-0.3, -0.25) is 0 Å². The first-order valence-corrected chi connectivity index (χ1v) is 9.24. The zero-order valence-corrected chi connectivity index (χ0v) is 15.0. The van der Waals surface area contributed by atoms with Crippen molar-refractivity contribution >= 4 is 5.97 Å². The standard InChI is InChI=1S/C20H30F2O2/c1-3-5-7-9-11-17(12-10-8-6-4-2)24-20(23)16-13-14-18(21)19(22)15-16/h13-15,17H,3-12H2,1-2H3. The highest BCUT2D eigenvalue weighted by molar-refractivity contribution is 5.89. The minimum atomic E-state index is -1.02. The Morgan fingerprint density at radius 2 is 1.50 bits per heavy atom. The Morgan fingerprint density at radius 1 is 0.917 bits per heavy atom. The van der Waals surface area contributed by atoms with E-state index in [1.54, 1.807) is 0 Å². The monoisotopic (exact) mass is 340 g/mol. The molecule has 4 heteroatoms. The van der Waals surface area contributed by atoms with Gasteiger partial charge in [-0.2, -0.15) is 0 Å². The van der Waals surface area contributed by atoms with Crippen molar-refractivity contribution in [2.75, 3.05) is 0 Å². The molecule has 0 unspecified atom stereocenters. The van der Waals surface area contributed by atoms with Gasteiger partial charge in [-0.05, 0) is 43.9 Å². The van der Waals surface area contributed by atoms with E-state index < -0.39 is 17.6 Å². The second-order valence-corrected chi connectivity index (χ2v) is 6.35. The van der Waals surface area contributed by atoms with Crippen LogP contribution in [0.1, 0.15) is 88.4 Å². The Kier molecular flexibility index (Phi) is 10.3. The van der Waals surface area contributed by atoms with Crippen LogP contribution in [0.2, 0.25) is 0 Å². The van der Waals surface area contributed by atoms with E-state index in [2.05, 4.69) is 13.8 Å². The molecule has 0 saturated carbocycles. The van der Waals surface area contributed by atoms with Crippen LogP contribution < -0.4 is 0 Å². The fraction of sp³-hybridized carbons (Fsp3) is 0.650. The second-order valence-electron chi connectivity index (χ2n) is 6.35. The van der Waals surface area contributed by atoms with Crippen LogP contribution in [0.15, 0.2) is 18.2 Å². The van der Waals surface area contributed by atoms with Gasteiger partial charge in [0, 0.05) is 0 Å². The molecule has 0 N–H and O–H groups in total. The first kappa shape index (κ1) is 20.6. The van der Waals surface area contributed by atoms with Crippen molar-refractivity contribution in [2.45, 2.75) is 84.2 Å². The Bertz CT molecular complexity index is 477. The topological polar surface area (TPSA) is 26.3 Å². The molecule has 0 aromatic heterocycles. The molecule has 1 aromatic rings. The highest BCUT2D eigenvalue weighted by Crippen LogP contribution is 2.18. The molecule has 0 radical (unpaired) electrons. The van der Waals surface area contributed by atoms with Crippen LogP contribution in [0.25, 0.3) is 0 Å². The Hall–Kier alpha value is -1.45. The molecular weight excluding hydrogens is 310 g/mol. The molecule has 24 heavy (non-hydrogen) atoms. The third-order valence-electron chi connectivity index (χ3n) is 4.19. The fourth-order valence-electron chi connectivity index (χ4n) is 2.70. The predicted octanol–water partition coefficient (Wildman–Crippen LogP) is 6.43. The smallest absolute Gasteiger partial charge is 0.338 e. The predicted molar refractivity (Wildman–Crippen MR) is 93.1 cm³/mol. The van der Waals surface area contributed by atoms with Gasteiger partial charge >= 0.3 is 5.97 Å². The molecule has 0 aliphatic carbocycles. The lowest BCUT2D eigenvalue weighted by Crippen LogP contribution is -2.19. The maximum atomic E-state index is 13.3. The van der Waals surface area contributed by atoms with Crippen LogP contribution in [-0.4, -0.2) is 12.1 Å². The number of hydrogen-bond donors (Lipinski definition) is 0. The van der Waals surface area contributed by atoms with E-state index in [0.717, 1.165) is 63.5 Å². The number of carbonyl (C=O) groups excluding carboxylic acids is 1. The summed E-state index contributed by atoms with van der Waals surface area (Å²) in [5.74, 6) is -2.54. The summed E-state index contributed by atoms with van der Waals surface area (Å²) in [5, 5.41) is 0. The molecule has 0 saturated heterocycles. The lowest BCUT2D eigenvalue weighted by Gasteiger charge is -2.18. The molecule has 0 amide bonds. The summed E-state index contributed by atoms with van der Waals surface area (Å²) in [7, 11) is 0. The molecule has 1 rings (SSSR count). The SMILES string of the molecule is CCCCCCC(CCCCCC)OC(=O)c1ccc(F)c(F)c1. The molecular formula is C20H30F2O2. The van der Waals surface area contributed by atoms with Crippen molar-refractivity contribution < 1.29 is 18.3 Å². The first-order valence-electron chi connectivity index (χ1n) is 9.24. The first-order chi connectivity index (χ1) is 11.6. The van der Waals surface area contributed by atoms with Crippen LogP contribution >= 0.6 is 0 Å². The van der Waals surface area contributed by atoms with Gasteiger partial charge in [-0.1, -0.05) is 52.4 Å². The van der Waals surface area contributed by atoms with Gasteiger partial charge in [0.15, 0.2) is 11.6 Å². The molecule has 0 aliphatic heterocycles. The molecule has 136 valence electrons. The minimum absolute atomic E-state index is 0.0704. The lowest BCUT2D eigenvalue weighted by molar-refractivity contribution is 0.0248. The largest absolute Gasteiger partial charge is 0.459 e. The van der Waals surface area contributed by atoms with E-state index in [0.29, 0.717) is 0 Å². The zero-order valence-electron chi connectivity index (χ0n) is 15.0. The average molecular weight is 340 g/mol. The molecule has 1 aromatic carbocycles. The minimum Gasteiger partial charge on any atom is -0.459 e. The van der Waals surface area contributed by atoms with Crippen molar-refractivity contribution in [3.05, 3.63) is 35.4 Å². The summed E-state index contributed by atoms with van der Waals surface area (Å²) >= 11 is 0. The highest BCUT2D eigenvalue weighted by atomic mass is 19.2. The molecule has 0 aliphatic rings. The highest BCUT2D eigenvalue weighted by Gasteiger charge is 2.17. The van der Waals surface area contributed by atoms with Crippen molar-refractivity contribution in [1.82, 2.24) is 0 Å². The van der Waals surface area contributed by atoms with E-state index in [1.807, 2.05) is 0 Å². The van der Waals surface area contributed by atoms with E-state index in [9.17, 15) is 13.6 Å². The average Bonchev–Trinajstić information content (AvgIpc) is 2.57. The summed E-state index contributed by atoms with van der Waals surface area (Å²) < 4.78 is 31.8. The fourth-order valence-corrected chi connectivity index (χ4v) is 2.70. The van der Waals surface area contributed by atoms with Gasteiger partial charge < -0.3 is 4.74 Å². The number of hydrogen-bond acceptors (Lipinski definition) is 2. The molecule has 0 fully saturated rings. The van der Waals surface area contributed by atoms with Gasteiger partial charge in [0.2, 0.25) is 0 Å². The summed E-state index contributed by atoms with van der Waals surface area (Å²) in [5.41, 5.74) is 0.0704. The maximum absolute atomic E-state index is 13.3. The Labute approximate surface area is 144 Å². The van der Waals surface area contributed by atoms with Crippen LogP contribution in [0.5, 0.6) is 0 Å². The molecule has 0 heterocycles. The maximum Gasteiger partial charge on any atom is 0.338 e. The van der Waals surface area contributed by atoms with Gasteiger partial charge in [0.05, 0.1) is 5.56 Å². The number of benzene rings is 1. The van der Waals surface area contributed by atoms with Crippen LogP contribution in [0.4, 0.5) is 8.78 Å². The molecule has 2 nitrogen and oxygen atoms in total. The normalized spacial score (nSPS) is 11.0. The number of esters is 1. The third-order valence-corrected chi connectivity index (χ3v) is 4.19. The van der Waals surface area contributed by atoms with E-state index in [-0.39, 0.29) is 11.7 Å². The zero-order chi connectivity index (χ0) is 17.8. The van der Waals surface area contributed by atoms with Crippen LogP contribution in [0.3, 0.4) is 0 Å². The van der Waals surface area contributed by atoms with Gasteiger partial charge in [0.1, 0.15) is 6.10 Å². The molecule has 0 bridgehead atoms. The van der Waals surface area contributed by atoms with E-state index in [4.69, 9.17) is 4.74 Å². The number of rotatable bonds is 12. The summed E-state index contributed by atoms with van der Waals surface area (Å²) in [6.45, 7) is 4.32. The number of halogens is 2. The summed E-state index contributed by atoms with van der Waals surface area (Å²) in [6.07, 6.45) is 10.5. The van der Waals surface area contributed by atoms with Crippen LogP contribution in [0, 0.1) is 11.6 Å². The van der Waals surface area contributed by atoms with Crippen molar-refractivity contribution in [1.29, 1.82) is 0 Å². The third kappa shape index (κ3) is 7.89. The Morgan fingerprint density at radius 3 is 2.00 bits per heavy atom. The van der Waals surface area contributed by atoms with Gasteiger partial charge in [0.25, 0.3) is 0 Å². The Balaban J connectivity index is 2.56. The van der Waals surface area contributed by atoms with Gasteiger partial charge in [-0.15, -0.1) is 0 Å². The number of carbonyl (C=O) groups is 1. The van der Waals surface area contributed by atoms with E-state index in [1.165, 1.54) is 18.9 Å². The number of ether oxygens (including phenoxy) is 1. The van der Waals surface area contributed by atoms with Crippen molar-refractivity contribution in [3.63, 3.8) is 0 Å². The van der Waals surface area contributed by atoms with Crippen LogP contribution in [-0.2, 0) is 4.74 Å². The lowest BCUT2D eigenvalue weighted by atomic mass is 10.0. The number of unbranched alkanes of at least 4 members (excludes halogenated alkanes) is 6. The second kappa shape index (κ2) is 12.0. The van der Waals surface area contributed by atoms with Crippen molar-refractivity contribution in [2.24, 2.45) is 0 Å². The quantitative estimate of drug-likeness (QED) is 0.324.